The van der Waals surface area contributed by atoms with Crippen LogP contribution in [0.25, 0.3) is 43.2 Å². The first kappa shape index (κ1) is 51.4. The Morgan fingerprint density at radius 1 is 0.667 bits per heavy atom. The zero-order chi connectivity index (χ0) is 50.1. The number of benzene rings is 2. The van der Waals surface area contributed by atoms with E-state index >= 15 is 0 Å². The van der Waals surface area contributed by atoms with E-state index in [1.54, 1.807) is 47.5 Å². The molecule has 0 bridgehead atoms. The third-order valence-electron chi connectivity index (χ3n) is 13.4. The fraction of sp³-hybridized carbons (Fsp3) is 0.357. The van der Waals surface area contributed by atoms with Gasteiger partial charge in [-0.2, -0.15) is 0 Å². The number of rotatable bonds is 17. The van der Waals surface area contributed by atoms with E-state index in [-0.39, 0.29) is 30.4 Å². The van der Waals surface area contributed by atoms with Crippen LogP contribution in [0.2, 0.25) is 0 Å². The molecule has 0 spiro atoms. The van der Waals surface area contributed by atoms with Crippen molar-refractivity contribution in [3.05, 3.63) is 154 Å². The van der Waals surface area contributed by atoms with Crippen molar-refractivity contribution in [1.29, 1.82) is 0 Å². The highest BCUT2D eigenvalue weighted by Crippen LogP contribution is 2.40. The van der Waals surface area contributed by atoms with Crippen molar-refractivity contribution in [1.82, 2.24) is 29.9 Å². The summed E-state index contributed by atoms with van der Waals surface area (Å²) in [4.78, 5) is 27.5. The minimum atomic E-state index is -0.203. The Morgan fingerprint density at radius 3 is 1.65 bits per heavy atom. The lowest BCUT2D eigenvalue weighted by Crippen LogP contribution is -2.41. The van der Waals surface area contributed by atoms with Gasteiger partial charge in [-0.1, -0.05) is 85.6 Å². The van der Waals surface area contributed by atoms with Crippen LogP contribution in [0.4, 0.5) is 11.6 Å². The maximum Gasteiger partial charge on any atom is 0.486 e. The highest BCUT2D eigenvalue weighted by molar-refractivity contribution is 9.10. The van der Waals surface area contributed by atoms with E-state index < -0.39 is 0 Å². The summed E-state index contributed by atoms with van der Waals surface area (Å²) in [5, 5.41) is 11.2. The van der Waals surface area contributed by atoms with Gasteiger partial charge in [0, 0.05) is 66.5 Å². The molecule has 8 aromatic rings. The molecule has 6 aromatic heterocycles. The van der Waals surface area contributed by atoms with Crippen LogP contribution in [-0.2, 0) is 28.6 Å². The highest BCUT2D eigenvalue weighted by atomic mass is 79.9. The quantitative estimate of drug-likeness (QED) is 0.0637. The van der Waals surface area contributed by atoms with Crippen molar-refractivity contribution in [2.75, 3.05) is 23.7 Å². The summed E-state index contributed by atoms with van der Waals surface area (Å²) in [6, 6.07) is 28.4. The number of fused-ring (bicyclic) bond motifs is 2. The van der Waals surface area contributed by atoms with E-state index in [2.05, 4.69) is 118 Å². The molecule has 2 aliphatic carbocycles. The Labute approximate surface area is 440 Å². The lowest BCUT2D eigenvalue weighted by atomic mass is 9.89. The topological polar surface area (TPSA) is 172 Å². The number of aromatic nitrogens is 6. The summed E-state index contributed by atoms with van der Waals surface area (Å²) in [7, 11) is -0.152. The van der Waals surface area contributed by atoms with E-state index in [4.69, 9.17) is 40.7 Å². The first-order valence-corrected chi connectivity index (χ1v) is 27.6. The fourth-order valence-corrected chi connectivity index (χ4v) is 10.8. The number of hydrogen-bond acceptors (Lipinski definition) is 14. The van der Waals surface area contributed by atoms with Crippen molar-refractivity contribution in [2.24, 2.45) is 23.3 Å². The van der Waals surface area contributed by atoms with Crippen molar-refractivity contribution >= 4 is 77.8 Å². The molecule has 1 saturated heterocycles. The summed E-state index contributed by atoms with van der Waals surface area (Å²) in [6.07, 6.45) is 18.7. The number of nitrogens with zero attached hydrogens (tertiary/aromatic N) is 6. The van der Waals surface area contributed by atoms with E-state index in [1.807, 2.05) is 53.9 Å². The largest absolute Gasteiger partial charge is 0.486 e. The summed E-state index contributed by atoms with van der Waals surface area (Å²) in [5.74, 6) is 6.85. The minimum Gasteiger partial charge on any atom is -0.400 e. The first-order chi connectivity index (χ1) is 34.9. The number of aryl methyl sites for hydroxylation is 1. The molecule has 2 saturated carbocycles. The molecule has 16 heteroatoms. The van der Waals surface area contributed by atoms with E-state index in [9.17, 15) is 0 Å². The lowest BCUT2D eigenvalue weighted by Gasteiger charge is -2.32. The number of halogens is 1. The molecule has 2 aromatic carbocycles. The van der Waals surface area contributed by atoms with Gasteiger partial charge in [-0.15, -0.1) is 22.7 Å². The van der Waals surface area contributed by atoms with Crippen LogP contribution in [0.5, 0.6) is 0 Å². The van der Waals surface area contributed by atoms with Crippen molar-refractivity contribution < 1.29 is 9.31 Å². The van der Waals surface area contributed by atoms with Gasteiger partial charge in [0.2, 0.25) is 0 Å². The summed E-state index contributed by atoms with van der Waals surface area (Å²) in [5.41, 5.74) is 20.1. The van der Waals surface area contributed by atoms with Crippen LogP contribution >= 0.6 is 38.6 Å². The molecule has 2 atom stereocenters. The standard InChI is InChI=1S/C25H27N5S.C20H18BrN5S.C11H19BO2/c26-21(14-18-4-2-1-3-5-18)15-28-25-23-22(20(16-31-23)9-8-17-6-7-17)29-24(30-25)19-10-12-27-13-11-19;21-16-12-27-18-17(16)25-19(14-6-8-23-9-7-14)26-20(18)24-11-15(22)10-13-4-2-1-3-5-13;1-10(2)11(3,4)14-12(13-10)8-7-9-5-6-9/h1-5,10-13,16-17,21H,6-9,14-15,26H2,(H,28,29,30);1-9,12,15H,10-11,22H2,(H,24,25,26);7-9H,5-6H2,1-4H3/b;;8-7+/t21-;15-;/m00./s1. The van der Waals surface area contributed by atoms with Crippen LogP contribution in [0.15, 0.2) is 137 Å². The average molecular weight is 1060 g/mol. The molecule has 12 nitrogen and oxygen atoms in total. The first-order valence-electron chi connectivity index (χ1n) is 25.0. The van der Waals surface area contributed by atoms with Gasteiger partial charge in [0.25, 0.3) is 0 Å². The maximum absolute atomic E-state index is 6.43. The lowest BCUT2D eigenvalue weighted by molar-refractivity contribution is 0.00578. The summed E-state index contributed by atoms with van der Waals surface area (Å²) in [6.45, 7) is 9.62. The number of anilines is 2. The SMILES string of the molecule is CC1(C)OB(/C=C/C2CC2)OC1(C)C.N[C@H](CNc1nc(-c2ccncc2)nc2c(Br)csc12)Cc1ccccc1.N[C@H](CNc1nc(-c2ccncc2)nc2c(CCC3CC3)csc12)Cc1ccccc1. The molecule has 7 heterocycles. The molecular weight excluding hydrogens is 1000 g/mol. The van der Waals surface area contributed by atoms with Crippen molar-refractivity contribution in [3.63, 3.8) is 0 Å². The average Bonchev–Trinajstić information content (AvgIpc) is 4.32. The van der Waals surface area contributed by atoms with Gasteiger partial charge in [-0.3, -0.25) is 9.97 Å². The fourth-order valence-electron chi connectivity index (χ4n) is 8.24. The number of pyridine rings is 2. The highest BCUT2D eigenvalue weighted by Gasteiger charge is 2.50. The van der Waals surface area contributed by atoms with Gasteiger partial charge in [-0.25, -0.2) is 19.9 Å². The number of thiophene rings is 2. The zero-order valence-corrected chi connectivity index (χ0v) is 44.7. The monoisotopic (exact) mass is 1060 g/mol. The molecule has 0 radical (unpaired) electrons. The maximum atomic E-state index is 6.43. The molecular formula is C56H64BBrN10O2S2. The van der Waals surface area contributed by atoms with Crippen LogP contribution in [-0.4, -0.2) is 73.4 Å². The predicted molar refractivity (Wildman–Crippen MR) is 301 cm³/mol. The molecule has 11 rings (SSSR count). The van der Waals surface area contributed by atoms with Crippen LogP contribution in [0.1, 0.15) is 76.5 Å². The Bertz CT molecular complexity index is 3010. The number of nitrogens with one attached hydrogen (secondary N) is 2. The zero-order valence-electron chi connectivity index (χ0n) is 41.5. The van der Waals surface area contributed by atoms with Crippen molar-refractivity contribution in [3.8, 4) is 22.8 Å². The second-order valence-corrected chi connectivity index (χ2v) is 22.6. The van der Waals surface area contributed by atoms with Crippen LogP contribution < -0.4 is 22.1 Å². The van der Waals surface area contributed by atoms with Gasteiger partial charge in [0.1, 0.15) is 17.2 Å². The second-order valence-electron chi connectivity index (χ2n) is 20.0. The number of hydrogen-bond donors (Lipinski definition) is 4. The minimum absolute atomic E-state index is 0.00564. The van der Waals surface area contributed by atoms with Crippen LogP contribution in [0, 0.1) is 11.8 Å². The number of allylic oxidation sites excluding steroid dienone is 1. The Morgan fingerprint density at radius 2 is 1.15 bits per heavy atom. The molecule has 372 valence electrons. The third-order valence-corrected chi connectivity index (χ3v) is 16.3. The smallest absolute Gasteiger partial charge is 0.400 e. The van der Waals surface area contributed by atoms with Gasteiger partial charge in [0.15, 0.2) is 11.6 Å². The molecule has 3 aliphatic rings. The van der Waals surface area contributed by atoms with E-state index in [0.29, 0.717) is 18.9 Å². The summed E-state index contributed by atoms with van der Waals surface area (Å²) < 4.78 is 14.8. The van der Waals surface area contributed by atoms with Gasteiger partial charge < -0.3 is 31.4 Å². The Hall–Kier alpha value is -5.46. The van der Waals surface area contributed by atoms with E-state index in [1.165, 1.54) is 48.8 Å². The van der Waals surface area contributed by atoms with E-state index in [0.717, 1.165) is 84.6 Å². The van der Waals surface area contributed by atoms with Crippen molar-refractivity contribution in [2.45, 2.75) is 102 Å². The second kappa shape index (κ2) is 23.6. The predicted octanol–water partition coefficient (Wildman–Crippen LogP) is 12.2. The van der Waals surface area contributed by atoms with Gasteiger partial charge in [0.05, 0.1) is 30.6 Å². The molecule has 6 N–H and O–H groups in total. The molecule has 3 fully saturated rings. The molecule has 1 aliphatic heterocycles. The number of nitrogens with two attached hydrogens (primary N) is 2. The molecule has 0 unspecified atom stereocenters. The summed E-state index contributed by atoms with van der Waals surface area (Å²) >= 11 is 6.93. The Balaban J connectivity index is 0.000000142. The molecule has 0 amide bonds. The normalized spacial score (nSPS) is 16.7. The van der Waals surface area contributed by atoms with Gasteiger partial charge in [-0.05, 0) is 140 Å². The molecule has 72 heavy (non-hydrogen) atoms. The Kier molecular flexibility index (Phi) is 16.9. The van der Waals surface area contributed by atoms with Gasteiger partial charge >= 0.3 is 7.12 Å². The third kappa shape index (κ3) is 13.8. The van der Waals surface area contributed by atoms with Crippen LogP contribution in [0.3, 0.4) is 0 Å².